The van der Waals surface area contributed by atoms with Gasteiger partial charge in [-0.2, -0.15) is 5.26 Å². The number of carbonyl (C=O) groups excluding carboxylic acids is 1. The van der Waals surface area contributed by atoms with Gasteiger partial charge in [-0.1, -0.05) is 18.2 Å². The van der Waals surface area contributed by atoms with Crippen molar-refractivity contribution in [2.75, 3.05) is 0 Å². The van der Waals surface area contributed by atoms with Gasteiger partial charge in [0.05, 0.1) is 18.2 Å². The van der Waals surface area contributed by atoms with E-state index in [1.54, 1.807) is 0 Å². The molecule has 1 aromatic heterocycles. The maximum absolute atomic E-state index is 12.1. The molecule has 3 nitrogen and oxygen atoms in total. The van der Waals surface area contributed by atoms with E-state index >= 15 is 0 Å². The van der Waals surface area contributed by atoms with E-state index in [1.165, 1.54) is 10.9 Å². The predicted octanol–water partition coefficient (Wildman–Crippen LogP) is 3.07. The molecule has 0 bridgehead atoms. The molecule has 0 unspecified atom stereocenters. The van der Waals surface area contributed by atoms with Crippen LogP contribution in [-0.2, 0) is 13.0 Å². The molecule has 90 valence electrons. The number of rotatable bonds is 2. The average molecular weight is 238 g/mol. The number of Topliss-reactive ketones (excluding diaryl/α,β-unsaturated/α-hetero) is 1. The van der Waals surface area contributed by atoms with Crippen LogP contribution in [0.15, 0.2) is 24.3 Å². The van der Waals surface area contributed by atoms with E-state index < -0.39 is 0 Å². The van der Waals surface area contributed by atoms with Crippen molar-refractivity contribution < 1.29 is 4.79 Å². The zero-order valence-corrected chi connectivity index (χ0v) is 10.1. The molecule has 0 saturated heterocycles. The maximum atomic E-state index is 12.1. The van der Waals surface area contributed by atoms with Gasteiger partial charge in [0.25, 0.3) is 0 Å². The second-order valence-electron chi connectivity index (χ2n) is 4.68. The van der Waals surface area contributed by atoms with E-state index in [2.05, 4.69) is 12.1 Å². The van der Waals surface area contributed by atoms with Crippen LogP contribution in [0, 0.1) is 11.3 Å². The fraction of sp³-hybridized carbons (Fsp3) is 0.333. The monoisotopic (exact) mass is 238 g/mol. The normalized spacial score (nSPS) is 14.5. The van der Waals surface area contributed by atoms with Crippen LogP contribution in [0.5, 0.6) is 0 Å². The van der Waals surface area contributed by atoms with Crippen LogP contribution in [0.3, 0.4) is 0 Å². The number of aryl methyl sites for hydroxylation is 2. The van der Waals surface area contributed by atoms with E-state index in [9.17, 15) is 4.79 Å². The Bertz CT molecular complexity index is 661. The molecule has 0 spiro atoms. The molecule has 0 atom stereocenters. The van der Waals surface area contributed by atoms with Gasteiger partial charge >= 0.3 is 0 Å². The van der Waals surface area contributed by atoms with Crippen LogP contribution in [0.2, 0.25) is 0 Å². The quantitative estimate of drug-likeness (QED) is 0.807. The first-order chi connectivity index (χ1) is 8.83. The summed E-state index contributed by atoms with van der Waals surface area (Å²) >= 11 is 0. The number of para-hydroxylation sites is 1. The number of hydrogen-bond donors (Lipinski definition) is 0. The van der Waals surface area contributed by atoms with Gasteiger partial charge in [0, 0.05) is 23.9 Å². The van der Waals surface area contributed by atoms with Gasteiger partial charge in [-0.15, -0.1) is 0 Å². The molecular formula is C15H14N2O. The molecule has 1 aliphatic rings. The first-order valence-corrected chi connectivity index (χ1v) is 6.33. The summed E-state index contributed by atoms with van der Waals surface area (Å²) in [5.74, 6) is 0.227. The molecule has 18 heavy (non-hydrogen) atoms. The molecule has 1 heterocycles. The molecule has 3 rings (SSSR count). The number of nitriles is 1. The summed E-state index contributed by atoms with van der Waals surface area (Å²) in [5.41, 5.74) is 3.12. The average Bonchev–Trinajstić information content (AvgIpc) is 2.72. The van der Waals surface area contributed by atoms with Crippen molar-refractivity contribution in [2.24, 2.45) is 0 Å². The van der Waals surface area contributed by atoms with Crippen molar-refractivity contribution in [3.05, 3.63) is 35.5 Å². The number of carbonyl (C=O) groups is 1. The van der Waals surface area contributed by atoms with Crippen LogP contribution in [0.1, 0.15) is 35.3 Å². The molecule has 1 aliphatic carbocycles. The lowest BCUT2D eigenvalue weighted by Gasteiger charge is -2.13. The Labute approximate surface area is 106 Å². The molecular weight excluding hydrogens is 224 g/mol. The fourth-order valence-electron chi connectivity index (χ4n) is 2.89. The van der Waals surface area contributed by atoms with E-state index in [0.717, 1.165) is 24.1 Å². The van der Waals surface area contributed by atoms with Gasteiger partial charge in [0.2, 0.25) is 0 Å². The van der Waals surface area contributed by atoms with Crippen LogP contribution in [0.25, 0.3) is 10.9 Å². The zero-order chi connectivity index (χ0) is 12.5. The zero-order valence-electron chi connectivity index (χ0n) is 10.1. The summed E-state index contributed by atoms with van der Waals surface area (Å²) in [6.07, 6.45) is 2.99. The first kappa shape index (κ1) is 11.0. The molecule has 0 aliphatic heterocycles. The Morgan fingerprint density at radius 1 is 1.28 bits per heavy atom. The minimum atomic E-state index is 0.227. The Morgan fingerprint density at radius 2 is 2.11 bits per heavy atom. The topological polar surface area (TPSA) is 45.8 Å². The standard InChI is InChI=1S/C15H14N2O/c16-9-4-10-17-13-7-2-1-5-11(13)12-6-3-8-14(18)15(12)17/h1-2,5,7H,3-4,6,8,10H2. The number of nitrogens with zero attached hydrogens (tertiary/aromatic N) is 2. The highest BCUT2D eigenvalue weighted by molar-refractivity contribution is 6.04. The summed E-state index contributed by atoms with van der Waals surface area (Å²) in [6.45, 7) is 0.609. The Hall–Kier alpha value is -2.08. The fourth-order valence-corrected chi connectivity index (χ4v) is 2.89. The summed E-state index contributed by atoms with van der Waals surface area (Å²) in [6, 6.07) is 10.3. The van der Waals surface area contributed by atoms with E-state index in [0.29, 0.717) is 19.4 Å². The number of benzene rings is 1. The van der Waals surface area contributed by atoms with Crippen molar-refractivity contribution in [2.45, 2.75) is 32.2 Å². The lowest BCUT2D eigenvalue weighted by Crippen LogP contribution is -2.15. The van der Waals surface area contributed by atoms with Gasteiger partial charge in [-0.25, -0.2) is 0 Å². The van der Waals surface area contributed by atoms with Crippen molar-refractivity contribution in [3.8, 4) is 6.07 Å². The van der Waals surface area contributed by atoms with Crippen molar-refractivity contribution in [3.63, 3.8) is 0 Å². The molecule has 0 amide bonds. The molecule has 0 fully saturated rings. The molecule has 0 radical (unpaired) electrons. The van der Waals surface area contributed by atoms with Crippen molar-refractivity contribution in [1.29, 1.82) is 5.26 Å². The number of fused-ring (bicyclic) bond motifs is 3. The molecule has 2 aromatic rings. The second-order valence-corrected chi connectivity index (χ2v) is 4.68. The van der Waals surface area contributed by atoms with Gasteiger partial charge < -0.3 is 4.57 Å². The lowest BCUT2D eigenvalue weighted by atomic mass is 9.94. The highest BCUT2D eigenvalue weighted by Gasteiger charge is 2.25. The van der Waals surface area contributed by atoms with Gasteiger partial charge in [-0.05, 0) is 24.5 Å². The second kappa shape index (κ2) is 4.30. The van der Waals surface area contributed by atoms with E-state index in [-0.39, 0.29) is 5.78 Å². The van der Waals surface area contributed by atoms with Crippen LogP contribution >= 0.6 is 0 Å². The summed E-state index contributed by atoms with van der Waals surface area (Å²) < 4.78 is 2.04. The van der Waals surface area contributed by atoms with Crippen molar-refractivity contribution in [1.82, 2.24) is 4.57 Å². The smallest absolute Gasteiger partial charge is 0.179 e. The predicted molar refractivity (Wildman–Crippen MR) is 69.4 cm³/mol. The molecule has 0 N–H and O–H groups in total. The highest BCUT2D eigenvalue weighted by atomic mass is 16.1. The molecule has 0 saturated carbocycles. The largest absolute Gasteiger partial charge is 0.337 e. The summed E-state index contributed by atoms with van der Waals surface area (Å²) in [7, 11) is 0. The SMILES string of the molecule is N#CCCn1c2c(c3ccccc31)CCCC2=O. The first-order valence-electron chi connectivity index (χ1n) is 6.33. The third-order valence-corrected chi connectivity index (χ3v) is 3.62. The molecule has 1 aromatic carbocycles. The minimum absolute atomic E-state index is 0.227. The Balaban J connectivity index is 2.28. The van der Waals surface area contributed by atoms with E-state index in [4.69, 9.17) is 5.26 Å². The lowest BCUT2D eigenvalue weighted by molar-refractivity contribution is 0.0963. The third kappa shape index (κ3) is 1.53. The summed E-state index contributed by atoms with van der Waals surface area (Å²) in [5, 5.41) is 9.94. The van der Waals surface area contributed by atoms with Crippen LogP contribution in [0.4, 0.5) is 0 Å². The van der Waals surface area contributed by atoms with Crippen LogP contribution in [-0.4, -0.2) is 10.4 Å². The number of hydrogen-bond acceptors (Lipinski definition) is 2. The molecule has 3 heteroatoms. The Morgan fingerprint density at radius 3 is 2.94 bits per heavy atom. The minimum Gasteiger partial charge on any atom is -0.337 e. The number of aromatic nitrogens is 1. The van der Waals surface area contributed by atoms with Crippen molar-refractivity contribution >= 4 is 16.7 Å². The van der Waals surface area contributed by atoms with Gasteiger partial charge in [0.1, 0.15) is 0 Å². The highest BCUT2D eigenvalue weighted by Crippen LogP contribution is 2.32. The number of ketones is 1. The van der Waals surface area contributed by atoms with E-state index in [1.807, 2.05) is 22.8 Å². The Kier molecular flexibility index (Phi) is 2.64. The van der Waals surface area contributed by atoms with Gasteiger partial charge in [-0.3, -0.25) is 4.79 Å². The third-order valence-electron chi connectivity index (χ3n) is 3.62. The van der Waals surface area contributed by atoms with Gasteiger partial charge in [0.15, 0.2) is 5.78 Å². The summed E-state index contributed by atoms with van der Waals surface area (Å²) in [4.78, 5) is 12.1. The van der Waals surface area contributed by atoms with Crippen LogP contribution < -0.4 is 0 Å². The maximum Gasteiger partial charge on any atom is 0.179 e.